The lowest BCUT2D eigenvalue weighted by Gasteiger charge is -2.33. The van der Waals surface area contributed by atoms with Crippen molar-refractivity contribution in [2.45, 2.75) is 32.4 Å². The predicted molar refractivity (Wildman–Crippen MR) is 97.5 cm³/mol. The van der Waals surface area contributed by atoms with Crippen molar-refractivity contribution < 1.29 is 18.3 Å². The van der Waals surface area contributed by atoms with Gasteiger partial charge >= 0.3 is 0 Å². The zero-order chi connectivity index (χ0) is 19.2. The van der Waals surface area contributed by atoms with E-state index < -0.39 is 11.6 Å². The predicted octanol–water partition coefficient (Wildman–Crippen LogP) is 4.10. The molecule has 7 heteroatoms. The monoisotopic (exact) mass is 375 g/mol. The Morgan fingerprint density at radius 3 is 2.89 bits per heavy atom. The van der Waals surface area contributed by atoms with Crippen molar-refractivity contribution in [3.63, 3.8) is 0 Å². The maximum atomic E-state index is 13.6. The van der Waals surface area contributed by atoms with Crippen LogP contribution < -0.4 is 4.74 Å². The normalized spacial score (nSPS) is 17.7. The van der Waals surface area contributed by atoms with Gasteiger partial charge in [-0.1, -0.05) is 19.9 Å². The van der Waals surface area contributed by atoms with Gasteiger partial charge < -0.3 is 9.47 Å². The van der Waals surface area contributed by atoms with Gasteiger partial charge in [-0.05, 0) is 24.1 Å². The summed E-state index contributed by atoms with van der Waals surface area (Å²) in [6.07, 6.45) is 5.11. The van der Waals surface area contributed by atoms with Crippen molar-refractivity contribution in [1.29, 1.82) is 0 Å². The van der Waals surface area contributed by atoms with Crippen LogP contribution in [0.2, 0.25) is 0 Å². The smallest absolute Gasteiger partial charge is 0.237 e. The molecule has 0 N–H and O–H groups in total. The first-order valence-electron chi connectivity index (χ1n) is 9.00. The molecule has 1 saturated heterocycles. The standard InChI is InChI=1S/C20H23F2N3O2/c1-3-4-14(2)19-13-25(7-8-26-19)12-16-10-24-20(11-23-16)27-18-6-5-15(21)9-17(18)22/h5-6,9-11,19H,2-4,7-8,12-13H2,1H3/t19-/m0/s1. The van der Waals surface area contributed by atoms with Crippen LogP contribution in [0.15, 0.2) is 42.7 Å². The van der Waals surface area contributed by atoms with Crippen molar-refractivity contribution >= 4 is 0 Å². The molecule has 1 atom stereocenters. The van der Waals surface area contributed by atoms with E-state index in [0.717, 1.165) is 49.3 Å². The fourth-order valence-electron chi connectivity index (χ4n) is 2.95. The van der Waals surface area contributed by atoms with Crippen LogP contribution in [0.1, 0.15) is 25.5 Å². The highest BCUT2D eigenvalue weighted by atomic mass is 19.1. The molecular weight excluding hydrogens is 352 g/mol. The topological polar surface area (TPSA) is 47.5 Å². The van der Waals surface area contributed by atoms with Crippen LogP contribution in [-0.4, -0.2) is 40.7 Å². The number of hydrogen-bond donors (Lipinski definition) is 0. The van der Waals surface area contributed by atoms with Gasteiger partial charge in [-0.15, -0.1) is 0 Å². The van der Waals surface area contributed by atoms with E-state index in [2.05, 4.69) is 28.4 Å². The maximum Gasteiger partial charge on any atom is 0.237 e. The van der Waals surface area contributed by atoms with Crippen LogP contribution in [0.5, 0.6) is 11.6 Å². The Labute approximate surface area is 157 Å². The summed E-state index contributed by atoms with van der Waals surface area (Å²) in [6, 6.07) is 3.11. The van der Waals surface area contributed by atoms with Crippen LogP contribution in [-0.2, 0) is 11.3 Å². The van der Waals surface area contributed by atoms with Crippen molar-refractivity contribution in [1.82, 2.24) is 14.9 Å². The van der Waals surface area contributed by atoms with Gasteiger partial charge in [0.1, 0.15) is 5.82 Å². The van der Waals surface area contributed by atoms with Crippen molar-refractivity contribution in [3.05, 3.63) is 60.1 Å². The zero-order valence-corrected chi connectivity index (χ0v) is 15.3. The molecule has 0 aliphatic carbocycles. The summed E-state index contributed by atoms with van der Waals surface area (Å²) in [5, 5.41) is 0. The van der Waals surface area contributed by atoms with E-state index in [1.54, 1.807) is 6.20 Å². The minimum absolute atomic E-state index is 0.0516. The highest BCUT2D eigenvalue weighted by Gasteiger charge is 2.22. The second-order valence-electron chi connectivity index (χ2n) is 6.53. The summed E-state index contributed by atoms with van der Waals surface area (Å²) in [5.74, 6) is -1.39. The number of nitrogens with zero attached hydrogens (tertiary/aromatic N) is 3. The summed E-state index contributed by atoms with van der Waals surface area (Å²) in [6.45, 7) is 9.14. The van der Waals surface area contributed by atoms with Gasteiger partial charge in [-0.25, -0.2) is 13.8 Å². The largest absolute Gasteiger partial charge is 0.434 e. The van der Waals surface area contributed by atoms with E-state index in [1.807, 2.05) is 0 Å². The zero-order valence-electron chi connectivity index (χ0n) is 15.3. The summed E-state index contributed by atoms with van der Waals surface area (Å²) in [4.78, 5) is 10.7. The van der Waals surface area contributed by atoms with E-state index >= 15 is 0 Å². The van der Waals surface area contributed by atoms with Gasteiger partial charge in [0.05, 0.1) is 30.8 Å². The molecule has 0 unspecified atom stereocenters. The second-order valence-corrected chi connectivity index (χ2v) is 6.53. The number of ether oxygens (including phenoxy) is 2. The molecular formula is C20H23F2N3O2. The third-order valence-electron chi connectivity index (χ3n) is 4.35. The Kier molecular flexibility index (Phi) is 6.47. The van der Waals surface area contributed by atoms with Crippen LogP contribution in [0.4, 0.5) is 8.78 Å². The molecule has 0 radical (unpaired) electrons. The highest BCUT2D eigenvalue weighted by Crippen LogP contribution is 2.23. The molecule has 1 fully saturated rings. The molecule has 2 aromatic rings. The van der Waals surface area contributed by atoms with Gasteiger partial charge in [-0.3, -0.25) is 9.88 Å². The van der Waals surface area contributed by atoms with Crippen LogP contribution in [0.25, 0.3) is 0 Å². The first-order valence-corrected chi connectivity index (χ1v) is 9.00. The van der Waals surface area contributed by atoms with Gasteiger partial charge in [-0.2, -0.15) is 0 Å². The Morgan fingerprint density at radius 1 is 1.33 bits per heavy atom. The number of hydrogen-bond acceptors (Lipinski definition) is 5. The summed E-state index contributed by atoms with van der Waals surface area (Å²) in [7, 11) is 0. The van der Waals surface area contributed by atoms with Gasteiger partial charge in [0.2, 0.25) is 5.88 Å². The first kappa shape index (κ1) is 19.4. The van der Waals surface area contributed by atoms with E-state index in [1.165, 1.54) is 12.3 Å². The second kappa shape index (κ2) is 9.01. The molecule has 27 heavy (non-hydrogen) atoms. The molecule has 0 amide bonds. The average Bonchev–Trinajstić information content (AvgIpc) is 2.66. The third-order valence-corrected chi connectivity index (χ3v) is 4.35. The molecule has 1 aromatic heterocycles. The fraction of sp³-hybridized carbons (Fsp3) is 0.400. The van der Waals surface area contributed by atoms with Crippen molar-refractivity contribution in [2.24, 2.45) is 0 Å². The number of benzene rings is 1. The molecule has 1 aliphatic rings. The number of rotatable bonds is 7. The molecule has 2 heterocycles. The highest BCUT2D eigenvalue weighted by molar-refractivity contribution is 5.28. The Hall–Kier alpha value is -2.38. The van der Waals surface area contributed by atoms with Crippen LogP contribution in [0, 0.1) is 11.6 Å². The van der Waals surface area contributed by atoms with E-state index in [9.17, 15) is 8.78 Å². The summed E-state index contributed by atoms with van der Waals surface area (Å²) < 4.78 is 37.7. The Balaban J connectivity index is 1.58. The third kappa shape index (κ3) is 5.30. The Morgan fingerprint density at radius 2 is 2.19 bits per heavy atom. The van der Waals surface area contributed by atoms with E-state index in [4.69, 9.17) is 9.47 Å². The number of morpholine rings is 1. The molecule has 1 aromatic carbocycles. The quantitative estimate of drug-likeness (QED) is 0.682. The lowest BCUT2D eigenvalue weighted by Crippen LogP contribution is -2.42. The van der Waals surface area contributed by atoms with E-state index in [-0.39, 0.29) is 17.7 Å². The number of aromatic nitrogens is 2. The van der Waals surface area contributed by atoms with E-state index in [0.29, 0.717) is 13.2 Å². The van der Waals surface area contributed by atoms with Crippen molar-refractivity contribution in [2.75, 3.05) is 19.7 Å². The molecule has 0 saturated carbocycles. The minimum atomic E-state index is -0.785. The molecule has 0 bridgehead atoms. The summed E-state index contributed by atoms with van der Waals surface area (Å²) in [5.41, 5.74) is 1.90. The van der Waals surface area contributed by atoms with Crippen molar-refractivity contribution in [3.8, 4) is 11.6 Å². The molecule has 144 valence electrons. The molecule has 5 nitrogen and oxygen atoms in total. The summed E-state index contributed by atoms with van der Waals surface area (Å²) >= 11 is 0. The van der Waals surface area contributed by atoms with Gasteiger partial charge in [0, 0.05) is 25.7 Å². The SMILES string of the molecule is C=C(CCC)[C@@H]1CN(Cc2cnc(Oc3ccc(F)cc3F)cn2)CCO1. The van der Waals surface area contributed by atoms with Gasteiger partial charge in [0.25, 0.3) is 0 Å². The molecule has 1 aliphatic heterocycles. The lowest BCUT2D eigenvalue weighted by molar-refractivity contribution is -0.0139. The average molecular weight is 375 g/mol. The lowest BCUT2D eigenvalue weighted by atomic mass is 10.1. The fourth-order valence-corrected chi connectivity index (χ4v) is 2.95. The number of halogens is 2. The molecule has 3 rings (SSSR count). The van der Waals surface area contributed by atoms with Crippen LogP contribution >= 0.6 is 0 Å². The minimum Gasteiger partial charge on any atom is -0.434 e. The molecule has 0 spiro atoms. The van der Waals surface area contributed by atoms with Gasteiger partial charge in [0.15, 0.2) is 11.6 Å². The Bertz CT molecular complexity index is 783. The van der Waals surface area contributed by atoms with Crippen LogP contribution in [0.3, 0.4) is 0 Å². The first-order chi connectivity index (χ1) is 13.0. The maximum absolute atomic E-state index is 13.6.